The number of likely N-dealkylation sites (tertiary alicyclic amines) is 1. The third kappa shape index (κ3) is 5.55. The fourth-order valence-electron chi connectivity index (χ4n) is 4.97. The number of nitrogens with zero attached hydrogens (tertiary/aromatic N) is 5. The molecule has 3 heterocycles. The normalized spacial score (nSPS) is 18.3. The number of aryl methyl sites for hydroxylation is 1. The first-order chi connectivity index (χ1) is 17.8. The van der Waals surface area contributed by atoms with Crippen molar-refractivity contribution in [3.05, 3.63) is 84.3 Å². The van der Waals surface area contributed by atoms with Crippen LogP contribution in [0.1, 0.15) is 38.3 Å². The summed E-state index contributed by atoms with van der Waals surface area (Å²) in [4.78, 5) is 13.9. The average molecular weight is 520 g/mol. The monoisotopic (exact) mass is 519 g/mol. The summed E-state index contributed by atoms with van der Waals surface area (Å²) in [7, 11) is -1.70. The zero-order valence-corrected chi connectivity index (χ0v) is 23.2. The van der Waals surface area contributed by atoms with Crippen molar-refractivity contribution in [2.45, 2.75) is 51.6 Å². The Hall–Kier alpha value is -3.23. The molecule has 0 amide bonds. The minimum Gasteiger partial charge on any atom is -0.354 e. The molecule has 7 nitrogen and oxygen atoms in total. The van der Waals surface area contributed by atoms with Gasteiger partial charge in [-0.05, 0) is 49.6 Å². The van der Waals surface area contributed by atoms with Gasteiger partial charge in [-0.15, -0.1) is 0 Å². The van der Waals surface area contributed by atoms with E-state index in [2.05, 4.69) is 58.0 Å². The molecule has 2 aromatic carbocycles. The number of rotatable bonds is 6. The minimum atomic E-state index is -3.76. The van der Waals surface area contributed by atoms with Gasteiger partial charge in [0.25, 0.3) is 10.0 Å². The lowest BCUT2D eigenvalue weighted by Crippen LogP contribution is -2.50. The minimum absolute atomic E-state index is 0.242. The highest BCUT2D eigenvalue weighted by molar-refractivity contribution is 7.90. The van der Waals surface area contributed by atoms with E-state index >= 15 is 0 Å². The number of fused-ring (bicyclic) bond motifs is 1. The van der Waals surface area contributed by atoms with Crippen LogP contribution in [0, 0.1) is 12.8 Å². The molecule has 0 saturated carbocycles. The Morgan fingerprint density at radius 1 is 1.00 bits per heavy atom. The molecule has 0 N–H and O–H groups in total. The second kappa shape index (κ2) is 11.4. The van der Waals surface area contributed by atoms with Gasteiger partial charge in [-0.3, -0.25) is 4.90 Å². The van der Waals surface area contributed by atoms with Gasteiger partial charge < -0.3 is 4.90 Å². The number of hydrogen-bond donors (Lipinski definition) is 0. The predicted octanol–water partition coefficient (Wildman–Crippen LogP) is 5.35. The van der Waals surface area contributed by atoms with E-state index in [9.17, 15) is 8.42 Å². The molecule has 0 bridgehead atoms. The molecule has 4 aromatic rings. The number of benzene rings is 2. The van der Waals surface area contributed by atoms with Crippen molar-refractivity contribution in [3.63, 3.8) is 0 Å². The Bertz CT molecular complexity index is 1420. The highest BCUT2D eigenvalue weighted by Gasteiger charge is 2.31. The third-order valence-corrected chi connectivity index (χ3v) is 8.77. The van der Waals surface area contributed by atoms with Crippen LogP contribution < -0.4 is 4.90 Å². The van der Waals surface area contributed by atoms with E-state index in [1.54, 1.807) is 30.5 Å². The van der Waals surface area contributed by atoms with Crippen molar-refractivity contribution in [1.29, 1.82) is 0 Å². The van der Waals surface area contributed by atoms with Crippen LogP contribution >= 0.6 is 0 Å². The molecule has 37 heavy (non-hydrogen) atoms. The molecule has 2 unspecified atom stereocenters. The topological polar surface area (TPSA) is 71.3 Å². The summed E-state index contributed by atoms with van der Waals surface area (Å²) >= 11 is 0. The molecular weight excluding hydrogens is 482 g/mol. The second-order valence-corrected chi connectivity index (χ2v) is 11.3. The largest absolute Gasteiger partial charge is 0.354 e. The third-order valence-electron chi connectivity index (χ3n) is 7.09. The zero-order chi connectivity index (χ0) is 26.6. The Labute approximate surface area is 220 Å². The first-order valence-corrected chi connectivity index (χ1v) is 14.4. The maximum absolute atomic E-state index is 13.4. The summed E-state index contributed by atoms with van der Waals surface area (Å²) in [5.74, 6) is 1.24. The number of hydrogen-bond acceptors (Lipinski definition) is 6. The van der Waals surface area contributed by atoms with Crippen molar-refractivity contribution in [1.82, 2.24) is 18.8 Å². The van der Waals surface area contributed by atoms with Crippen LogP contribution in [0.5, 0.6) is 0 Å². The molecule has 1 aliphatic rings. The van der Waals surface area contributed by atoms with Crippen molar-refractivity contribution in [2.24, 2.45) is 5.92 Å². The van der Waals surface area contributed by atoms with Crippen molar-refractivity contribution < 1.29 is 8.42 Å². The lowest BCUT2D eigenvalue weighted by atomic mass is 9.92. The van der Waals surface area contributed by atoms with Gasteiger partial charge >= 0.3 is 0 Å². The smallest absolute Gasteiger partial charge is 0.269 e. The molecule has 0 aliphatic carbocycles. The molecule has 5 rings (SSSR count). The van der Waals surface area contributed by atoms with E-state index in [0.717, 1.165) is 42.8 Å². The van der Waals surface area contributed by atoms with Crippen LogP contribution in [0.2, 0.25) is 0 Å². The van der Waals surface area contributed by atoms with Crippen molar-refractivity contribution in [3.8, 4) is 0 Å². The average Bonchev–Trinajstić information content (AvgIpc) is 3.37. The predicted molar refractivity (Wildman–Crippen MR) is 150 cm³/mol. The first kappa shape index (κ1) is 26.8. The summed E-state index contributed by atoms with van der Waals surface area (Å²) in [6.07, 6.45) is 4.14. The molecule has 1 fully saturated rings. The van der Waals surface area contributed by atoms with E-state index in [-0.39, 0.29) is 10.9 Å². The summed E-state index contributed by atoms with van der Waals surface area (Å²) in [6.45, 7) is 11.1. The number of piperidine rings is 1. The Morgan fingerprint density at radius 3 is 2.41 bits per heavy atom. The Morgan fingerprint density at radius 2 is 1.70 bits per heavy atom. The summed E-state index contributed by atoms with van der Waals surface area (Å²) in [6, 6.07) is 19.5. The number of likely N-dealkylation sites (N-methyl/N-ethyl adjacent to an activating group) is 1. The molecule has 2 atom stereocenters. The van der Waals surface area contributed by atoms with Gasteiger partial charge in [0.2, 0.25) is 0 Å². The fourth-order valence-corrected chi connectivity index (χ4v) is 6.28. The van der Waals surface area contributed by atoms with Crippen LogP contribution in [0.25, 0.3) is 11.0 Å². The van der Waals surface area contributed by atoms with Gasteiger partial charge in [0, 0.05) is 32.4 Å². The van der Waals surface area contributed by atoms with Gasteiger partial charge in [-0.25, -0.2) is 22.4 Å². The molecule has 0 spiro atoms. The van der Waals surface area contributed by atoms with Crippen LogP contribution in [-0.4, -0.2) is 53.4 Å². The fraction of sp³-hybridized carbons (Fsp3) is 0.379. The van der Waals surface area contributed by atoms with E-state index in [1.165, 1.54) is 15.9 Å². The molecule has 0 radical (unpaired) electrons. The van der Waals surface area contributed by atoms with E-state index in [0.29, 0.717) is 11.6 Å². The standard InChI is InChI=1S/C27H31N5O2S.C2H6/c1-20-9-11-23(12-10-20)35(33,34)32-16-14-24-26(28-19-29-27(24)32)30(3)25-18-31(15-13-21(25)2)17-22-7-5-4-6-8-22;1-2/h4-12,14,16,19,21,25H,13,15,17-18H2,1-3H3;1-2H3. The van der Waals surface area contributed by atoms with E-state index in [4.69, 9.17) is 0 Å². The molecular formula is C29H37N5O2S. The molecule has 1 aliphatic heterocycles. The van der Waals surface area contributed by atoms with E-state index < -0.39 is 10.0 Å². The van der Waals surface area contributed by atoms with Crippen molar-refractivity contribution in [2.75, 3.05) is 25.0 Å². The van der Waals surface area contributed by atoms with Crippen LogP contribution in [-0.2, 0) is 16.6 Å². The second-order valence-electron chi connectivity index (χ2n) is 9.53. The summed E-state index contributed by atoms with van der Waals surface area (Å²) in [5.41, 5.74) is 2.72. The Balaban J connectivity index is 0.00000156. The quantitative estimate of drug-likeness (QED) is 0.342. The van der Waals surface area contributed by atoms with Gasteiger partial charge in [-0.2, -0.15) is 0 Å². The maximum atomic E-state index is 13.4. The van der Waals surface area contributed by atoms with Gasteiger partial charge in [0.1, 0.15) is 12.1 Å². The van der Waals surface area contributed by atoms with Gasteiger partial charge in [0.05, 0.1) is 10.3 Å². The zero-order valence-electron chi connectivity index (χ0n) is 22.4. The number of aromatic nitrogens is 3. The summed E-state index contributed by atoms with van der Waals surface area (Å²) < 4.78 is 28.0. The molecule has 1 saturated heterocycles. The van der Waals surface area contributed by atoms with Crippen LogP contribution in [0.3, 0.4) is 0 Å². The molecule has 8 heteroatoms. The van der Waals surface area contributed by atoms with E-state index in [1.807, 2.05) is 32.9 Å². The maximum Gasteiger partial charge on any atom is 0.269 e. The Kier molecular flexibility index (Phi) is 8.29. The summed E-state index contributed by atoms with van der Waals surface area (Å²) in [5, 5.41) is 0.734. The molecule has 196 valence electrons. The van der Waals surface area contributed by atoms with Crippen LogP contribution in [0.4, 0.5) is 5.82 Å². The van der Waals surface area contributed by atoms with Crippen LogP contribution in [0.15, 0.2) is 78.1 Å². The lowest BCUT2D eigenvalue weighted by Gasteiger charge is -2.42. The first-order valence-electron chi connectivity index (χ1n) is 13.0. The van der Waals surface area contributed by atoms with Crippen molar-refractivity contribution >= 4 is 26.9 Å². The van der Waals surface area contributed by atoms with Gasteiger partial charge in [0.15, 0.2) is 5.65 Å². The highest BCUT2D eigenvalue weighted by Crippen LogP contribution is 2.31. The number of anilines is 1. The highest BCUT2D eigenvalue weighted by atomic mass is 32.2. The SMILES string of the molecule is CC.Cc1ccc(S(=O)(=O)n2ccc3c(N(C)C4CN(Cc5ccccc5)CCC4C)ncnc32)cc1. The lowest BCUT2D eigenvalue weighted by molar-refractivity contribution is 0.159. The molecule has 2 aromatic heterocycles. The van der Waals surface area contributed by atoms with Gasteiger partial charge in [-0.1, -0.05) is 68.8 Å².